The number of nitrogens with zero attached hydrogens (tertiary/aromatic N) is 3. The number of rotatable bonds is 2. The average molecular weight is 413 g/mol. The maximum Gasteiger partial charge on any atom is 0.200 e. The molecule has 5 N–H and O–H groups in total. The zero-order valence-corrected chi connectivity index (χ0v) is 17.2. The quantitative estimate of drug-likeness (QED) is 0.439. The molecule has 0 saturated heterocycles. The molecule has 0 radical (unpaired) electrons. The summed E-state index contributed by atoms with van der Waals surface area (Å²) >= 11 is 5.18. The van der Waals surface area contributed by atoms with Crippen molar-refractivity contribution in [2.45, 2.75) is 18.9 Å². The first-order chi connectivity index (χ1) is 14.5. The van der Waals surface area contributed by atoms with E-state index in [0.717, 1.165) is 21.9 Å². The van der Waals surface area contributed by atoms with Crippen molar-refractivity contribution in [2.24, 2.45) is 4.99 Å². The molecule has 1 aliphatic rings. The third kappa shape index (κ3) is 2.86. The molecule has 1 aliphatic heterocycles. The van der Waals surface area contributed by atoms with Crippen molar-refractivity contribution in [3.05, 3.63) is 87.1 Å². The second-order valence-electron chi connectivity index (χ2n) is 7.65. The maximum atomic E-state index is 6.45. The molecule has 148 valence electrons. The van der Waals surface area contributed by atoms with Gasteiger partial charge < -0.3 is 16.5 Å². The fourth-order valence-corrected chi connectivity index (χ4v) is 4.38. The minimum Gasteiger partial charge on any atom is -0.385 e. The van der Waals surface area contributed by atoms with Crippen LogP contribution in [0.2, 0.25) is 0 Å². The summed E-state index contributed by atoms with van der Waals surface area (Å²) in [6.07, 6.45) is 0.682. The number of fused-ring (bicyclic) bond motifs is 3. The number of anilines is 2. The first-order valence-corrected chi connectivity index (χ1v) is 10.1. The van der Waals surface area contributed by atoms with Crippen LogP contribution in [0.25, 0.3) is 16.6 Å². The van der Waals surface area contributed by atoms with Gasteiger partial charge in [-0.25, -0.2) is 4.98 Å². The first kappa shape index (κ1) is 18.4. The Balaban J connectivity index is 1.99. The van der Waals surface area contributed by atoms with Crippen LogP contribution in [0.5, 0.6) is 0 Å². The summed E-state index contributed by atoms with van der Waals surface area (Å²) in [4.78, 5) is 17.0. The highest BCUT2D eigenvalue weighted by atomic mass is 32.1. The lowest BCUT2D eigenvalue weighted by atomic mass is 9.81. The number of nitrogens with two attached hydrogens (primary N) is 2. The largest absolute Gasteiger partial charge is 0.385 e. The molecule has 3 heterocycles. The Morgan fingerprint density at radius 3 is 2.33 bits per heavy atom. The number of hydrogen-bond donors (Lipinski definition) is 3. The average Bonchev–Trinajstić information content (AvgIpc) is 2.74. The Kier molecular flexibility index (Phi) is 4.15. The van der Waals surface area contributed by atoms with Gasteiger partial charge in [-0.2, -0.15) is 4.98 Å². The van der Waals surface area contributed by atoms with E-state index in [1.54, 1.807) is 0 Å². The van der Waals surface area contributed by atoms with Gasteiger partial charge in [-0.1, -0.05) is 60.7 Å². The van der Waals surface area contributed by atoms with E-state index in [2.05, 4.69) is 46.1 Å². The smallest absolute Gasteiger partial charge is 0.200 e. The number of nitrogen functional groups attached to an aromatic ring is 2. The van der Waals surface area contributed by atoms with Gasteiger partial charge in [-0.05, 0) is 35.8 Å². The lowest BCUT2D eigenvalue weighted by Gasteiger charge is -2.31. The van der Waals surface area contributed by atoms with Crippen molar-refractivity contribution in [1.29, 1.82) is 0 Å². The third-order valence-corrected chi connectivity index (χ3v) is 5.79. The molecule has 6 nitrogen and oxygen atoms in total. The van der Waals surface area contributed by atoms with Crippen LogP contribution in [0.15, 0.2) is 65.7 Å². The number of pyridine rings is 1. The molecule has 0 fully saturated rings. The summed E-state index contributed by atoms with van der Waals surface area (Å²) in [7, 11) is 0. The molecule has 0 amide bonds. The Morgan fingerprint density at radius 1 is 0.967 bits per heavy atom. The van der Waals surface area contributed by atoms with Gasteiger partial charge in [0, 0.05) is 11.6 Å². The van der Waals surface area contributed by atoms with Gasteiger partial charge in [-0.3, -0.25) is 4.99 Å². The van der Waals surface area contributed by atoms with E-state index in [1.165, 1.54) is 0 Å². The fourth-order valence-electron chi connectivity index (χ4n) is 4.19. The molecule has 0 bridgehead atoms. The van der Waals surface area contributed by atoms with Crippen LogP contribution >= 0.6 is 12.2 Å². The van der Waals surface area contributed by atoms with Gasteiger partial charge in [0.05, 0.1) is 16.3 Å². The second kappa shape index (κ2) is 6.74. The Hall–Kier alpha value is -3.58. The SMILES string of the molecule is CC1(c2ccccc2)CC(c2ccccc2)=c2c(N)nc3nc(=S)[nH]c(N)c3c2=N1. The summed E-state index contributed by atoms with van der Waals surface area (Å²) in [5.74, 6) is 0.768. The van der Waals surface area contributed by atoms with E-state index in [-0.39, 0.29) is 4.77 Å². The van der Waals surface area contributed by atoms with E-state index in [0.29, 0.717) is 34.4 Å². The van der Waals surface area contributed by atoms with Crippen LogP contribution in [0.3, 0.4) is 0 Å². The molecule has 0 saturated carbocycles. The van der Waals surface area contributed by atoms with Crippen LogP contribution < -0.4 is 22.0 Å². The maximum absolute atomic E-state index is 6.45. The number of H-pyrrole nitrogens is 1. The van der Waals surface area contributed by atoms with Gasteiger partial charge in [0.2, 0.25) is 0 Å². The van der Waals surface area contributed by atoms with Gasteiger partial charge >= 0.3 is 0 Å². The topological polar surface area (TPSA) is 106 Å². The number of nitrogens with one attached hydrogen (secondary N) is 1. The molecule has 30 heavy (non-hydrogen) atoms. The number of aromatic amines is 1. The molecule has 7 heteroatoms. The standard InChI is InChI=1S/C23H20N6S/c1-23(14-10-6-3-7-11-14)12-15(13-8-4-2-5-9-13)16-18(29-23)17-20(25)27-22(30)28-21(17)26-19(16)24/h2-11H,12H2,1H3,(H5,24,25,26,27,28,30). The highest BCUT2D eigenvalue weighted by Crippen LogP contribution is 2.36. The van der Waals surface area contributed by atoms with Gasteiger partial charge in [0.15, 0.2) is 10.4 Å². The van der Waals surface area contributed by atoms with E-state index < -0.39 is 5.54 Å². The highest BCUT2D eigenvalue weighted by Gasteiger charge is 2.32. The molecule has 0 aliphatic carbocycles. The molecule has 0 spiro atoms. The van der Waals surface area contributed by atoms with Crippen molar-refractivity contribution in [3.63, 3.8) is 0 Å². The Bertz CT molecular complexity index is 1460. The van der Waals surface area contributed by atoms with Crippen LogP contribution in [-0.2, 0) is 5.54 Å². The zero-order chi connectivity index (χ0) is 20.9. The molecule has 1 unspecified atom stereocenters. The van der Waals surface area contributed by atoms with Crippen LogP contribution in [0, 0.1) is 4.77 Å². The van der Waals surface area contributed by atoms with Crippen molar-refractivity contribution >= 4 is 40.5 Å². The first-order valence-electron chi connectivity index (χ1n) is 9.65. The number of benzene rings is 2. The zero-order valence-electron chi connectivity index (χ0n) is 16.4. The number of aromatic nitrogens is 3. The van der Waals surface area contributed by atoms with Crippen molar-refractivity contribution < 1.29 is 0 Å². The summed E-state index contributed by atoms with van der Waals surface area (Å²) in [5.41, 5.74) is 16.0. The molecule has 4 aromatic rings. The predicted molar refractivity (Wildman–Crippen MR) is 122 cm³/mol. The minimum absolute atomic E-state index is 0.265. The van der Waals surface area contributed by atoms with Crippen LogP contribution in [-0.4, -0.2) is 15.0 Å². The molecular formula is C23H20N6S. The summed E-state index contributed by atoms with van der Waals surface area (Å²) in [6.45, 7) is 2.13. The van der Waals surface area contributed by atoms with Crippen LogP contribution in [0.4, 0.5) is 11.6 Å². The third-order valence-electron chi connectivity index (χ3n) is 5.60. The van der Waals surface area contributed by atoms with E-state index >= 15 is 0 Å². The van der Waals surface area contributed by atoms with Crippen LogP contribution in [0.1, 0.15) is 24.5 Å². The predicted octanol–water partition coefficient (Wildman–Crippen LogP) is 2.99. The molecule has 2 aromatic heterocycles. The van der Waals surface area contributed by atoms with E-state index in [4.69, 9.17) is 28.7 Å². The van der Waals surface area contributed by atoms with Gasteiger partial charge in [-0.15, -0.1) is 0 Å². The molecular weight excluding hydrogens is 392 g/mol. The highest BCUT2D eigenvalue weighted by molar-refractivity contribution is 7.71. The van der Waals surface area contributed by atoms with Crippen molar-refractivity contribution in [1.82, 2.24) is 15.0 Å². The second-order valence-corrected chi connectivity index (χ2v) is 8.03. The van der Waals surface area contributed by atoms with E-state index in [1.807, 2.05) is 36.4 Å². The number of hydrogen-bond acceptors (Lipinski definition) is 6. The summed E-state index contributed by atoms with van der Waals surface area (Å²) in [5, 5.41) is 2.15. The fraction of sp³-hybridized carbons (Fsp3) is 0.130. The minimum atomic E-state index is -0.501. The lowest BCUT2D eigenvalue weighted by Crippen LogP contribution is -2.41. The summed E-state index contributed by atoms with van der Waals surface area (Å²) < 4.78 is 0.265. The molecule has 2 aromatic carbocycles. The molecule has 1 atom stereocenters. The molecule has 5 rings (SSSR count). The Morgan fingerprint density at radius 2 is 1.63 bits per heavy atom. The van der Waals surface area contributed by atoms with Gasteiger partial charge in [0.25, 0.3) is 0 Å². The monoisotopic (exact) mass is 412 g/mol. The normalized spacial score (nSPS) is 18.1. The summed E-state index contributed by atoms with van der Waals surface area (Å²) in [6, 6.07) is 20.5. The lowest BCUT2D eigenvalue weighted by molar-refractivity contribution is 0.490. The van der Waals surface area contributed by atoms with Gasteiger partial charge in [0.1, 0.15) is 11.6 Å². The van der Waals surface area contributed by atoms with E-state index in [9.17, 15) is 0 Å². The van der Waals surface area contributed by atoms with Crippen molar-refractivity contribution in [2.75, 3.05) is 11.5 Å². The van der Waals surface area contributed by atoms with Crippen molar-refractivity contribution in [3.8, 4) is 0 Å². The Labute approximate surface area is 178 Å².